The van der Waals surface area contributed by atoms with Gasteiger partial charge >= 0.3 is 0 Å². The molecule has 2 atom stereocenters. The van der Waals surface area contributed by atoms with E-state index in [2.05, 4.69) is 0 Å². The number of benzene rings is 1. The number of thioether (sulfide) groups is 1. The second-order valence-corrected chi connectivity index (χ2v) is 5.30. The average Bonchev–Trinajstić information content (AvgIpc) is 2.28. The first-order chi connectivity index (χ1) is 7.00. The molecule has 0 fully saturated rings. The SMILES string of the molecule is CSC(=S)[C@@H](C)[C@](C)(O)c1ccccc1. The fourth-order valence-corrected chi connectivity index (χ4v) is 2.24. The van der Waals surface area contributed by atoms with Crippen molar-refractivity contribution < 1.29 is 5.11 Å². The maximum Gasteiger partial charge on any atom is 0.0947 e. The number of hydrogen-bond donors (Lipinski definition) is 1. The van der Waals surface area contributed by atoms with Crippen molar-refractivity contribution in [3.05, 3.63) is 35.9 Å². The van der Waals surface area contributed by atoms with Gasteiger partial charge in [-0.25, -0.2) is 0 Å². The van der Waals surface area contributed by atoms with E-state index in [9.17, 15) is 5.11 Å². The van der Waals surface area contributed by atoms with Gasteiger partial charge in [0.05, 0.1) is 9.80 Å². The normalized spacial score (nSPS) is 16.8. The smallest absolute Gasteiger partial charge is 0.0947 e. The molecule has 0 unspecified atom stereocenters. The lowest BCUT2D eigenvalue weighted by Gasteiger charge is -2.30. The van der Waals surface area contributed by atoms with E-state index in [1.54, 1.807) is 0 Å². The summed E-state index contributed by atoms with van der Waals surface area (Å²) < 4.78 is 0.837. The van der Waals surface area contributed by atoms with Gasteiger partial charge in [0, 0.05) is 5.92 Å². The largest absolute Gasteiger partial charge is 0.385 e. The van der Waals surface area contributed by atoms with Crippen molar-refractivity contribution >= 4 is 28.2 Å². The Kier molecular flexibility index (Phi) is 4.32. The first-order valence-corrected chi connectivity index (χ1v) is 6.49. The first kappa shape index (κ1) is 12.7. The van der Waals surface area contributed by atoms with Crippen molar-refractivity contribution in [3.8, 4) is 0 Å². The Hall–Kier alpha value is -0.380. The van der Waals surface area contributed by atoms with Gasteiger partial charge in [0.1, 0.15) is 0 Å². The van der Waals surface area contributed by atoms with Gasteiger partial charge in [-0.2, -0.15) is 0 Å². The molecule has 0 amide bonds. The van der Waals surface area contributed by atoms with Crippen LogP contribution >= 0.6 is 24.0 Å². The van der Waals surface area contributed by atoms with Crippen LogP contribution in [0.15, 0.2) is 30.3 Å². The van der Waals surface area contributed by atoms with Crippen LogP contribution in [0.3, 0.4) is 0 Å². The molecule has 0 aromatic heterocycles. The molecule has 0 aliphatic carbocycles. The molecule has 82 valence electrons. The molecular formula is C12H16OS2. The molecule has 1 aromatic rings. The molecule has 0 saturated carbocycles. The summed E-state index contributed by atoms with van der Waals surface area (Å²) in [6, 6.07) is 9.66. The Labute approximate surface area is 101 Å². The molecular weight excluding hydrogens is 224 g/mol. The van der Waals surface area contributed by atoms with E-state index in [4.69, 9.17) is 12.2 Å². The van der Waals surface area contributed by atoms with Gasteiger partial charge in [-0.3, -0.25) is 0 Å². The van der Waals surface area contributed by atoms with E-state index in [1.165, 1.54) is 11.8 Å². The Bertz CT molecular complexity index is 333. The summed E-state index contributed by atoms with van der Waals surface area (Å²) in [6.07, 6.45) is 1.94. The predicted octanol–water partition coefficient (Wildman–Crippen LogP) is 3.22. The van der Waals surface area contributed by atoms with Crippen LogP contribution in [0, 0.1) is 5.92 Å². The van der Waals surface area contributed by atoms with E-state index in [0.717, 1.165) is 9.76 Å². The zero-order chi connectivity index (χ0) is 11.5. The van der Waals surface area contributed by atoms with Gasteiger partial charge in [0.15, 0.2) is 0 Å². The number of aliphatic hydroxyl groups is 1. The molecule has 0 radical (unpaired) electrons. The van der Waals surface area contributed by atoms with Crippen molar-refractivity contribution in [1.82, 2.24) is 0 Å². The molecule has 1 N–H and O–H groups in total. The molecule has 1 aromatic carbocycles. The molecule has 0 heterocycles. The summed E-state index contributed by atoms with van der Waals surface area (Å²) in [5, 5.41) is 10.5. The molecule has 0 spiro atoms. The molecule has 1 rings (SSSR count). The van der Waals surface area contributed by atoms with Gasteiger partial charge in [0.25, 0.3) is 0 Å². The molecule has 0 saturated heterocycles. The topological polar surface area (TPSA) is 20.2 Å². The molecule has 0 bridgehead atoms. The first-order valence-electron chi connectivity index (χ1n) is 4.86. The standard InChI is InChI=1S/C12H16OS2/c1-9(11(14)15-3)12(2,13)10-7-5-4-6-8-10/h4-9,13H,1-3H3/t9-,12+/m1/s1. The van der Waals surface area contributed by atoms with Crippen LogP contribution in [0.1, 0.15) is 19.4 Å². The average molecular weight is 240 g/mol. The highest BCUT2D eigenvalue weighted by atomic mass is 32.2. The van der Waals surface area contributed by atoms with Crippen molar-refractivity contribution in [2.24, 2.45) is 5.92 Å². The quantitative estimate of drug-likeness (QED) is 0.819. The highest BCUT2D eigenvalue weighted by Crippen LogP contribution is 2.32. The Morgan fingerprint density at radius 2 is 1.93 bits per heavy atom. The summed E-state index contributed by atoms with van der Waals surface area (Å²) >= 11 is 6.75. The van der Waals surface area contributed by atoms with E-state index >= 15 is 0 Å². The zero-order valence-electron chi connectivity index (χ0n) is 9.23. The lowest BCUT2D eigenvalue weighted by Crippen LogP contribution is -2.33. The molecule has 3 heteroatoms. The minimum Gasteiger partial charge on any atom is -0.385 e. The summed E-state index contributed by atoms with van der Waals surface area (Å²) in [5.74, 6) is -0.0371. The van der Waals surface area contributed by atoms with Crippen LogP contribution in [-0.2, 0) is 5.60 Å². The lowest BCUT2D eigenvalue weighted by molar-refractivity contribution is 0.0295. The van der Waals surface area contributed by atoms with Crippen LogP contribution in [-0.4, -0.2) is 15.6 Å². The van der Waals surface area contributed by atoms with Crippen LogP contribution in [0.2, 0.25) is 0 Å². The van der Waals surface area contributed by atoms with Crippen LogP contribution in [0.4, 0.5) is 0 Å². The van der Waals surface area contributed by atoms with Gasteiger partial charge in [-0.05, 0) is 18.7 Å². The monoisotopic (exact) mass is 240 g/mol. The summed E-state index contributed by atoms with van der Waals surface area (Å²) in [4.78, 5) is 0. The maximum absolute atomic E-state index is 10.5. The van der Waals surface area contributed by atoms with E-state index in [-0.39, 0.29) is 5.92 Å². The molecule has 15 heavy (non-hydrogen) atoms. The zero-order valence-corrected chi connectivity index (χ0v) is 10.9. The summed E-state index contributed by atoms with van der Waals surface area (Å²) in [7, 11) is 0. The lowest BCUT2D eigenvalue weighted by atomic mass is 9.85. The van der Waals surface area contributed by atoms with E-state index in [0.29, 0.717) is 0 Å². The van der Waals surface area contributed by atoms with Gasteiger partial charge in [-0.15, -0.1) is 11.8 Å². The molecule has 0 aliphatic rings. The van der Waals surface area contributed by atoms with Gasteiger partial charge in [0.2, 0.25) is 0 Å². The minimum absolute atomic E-state index is 0.0371. The Balaban J connectivity index is 2.97. The van der Waals surface area contributed by atoms with Crippen molar-refractivity contribution in [1.29, 1.82) is 0 Å². The van der Waals surface area contributed by atoms with Crippen molar-refractivity contribution in [2.45, 2.75) is 19.4 Å². The van der Waals surface area contributed by atoms with Crippen LogP contribution in [0.25, 0.3) is 0 Å². The third-order valence-electron chi connectivity index (χ3n) is 2.76. The second-order valence-electron chi connectivity index (χ2n) is 3.76. The van der Waals surface area contributed by atoms with Crippen LogP contribution < -0.4 is 0 Å². The number of hydrogen-bond acceptors (Lipinski definition) is 3. The maximum atomic E-state index is 10.5. The third-order valence-corrected chi connectivity index (χ3v) is 4.37. The highest BCUT2D eigenvalue weighted by Gasteiger charge is 2.32. The van der Waals surface area contributed by atoms with E-state index in [1.807, 2.05) is 50.4 Å². The summed E-state index contributed by atoms with van der Waals surface area (Å²) in [5.41, 5.74) is 0.0235. The highest BCUT2D eigenvalue weighted by molar-refractivity contribution is 8.22. The molecule has 0 aliphatic heterocycles. The predicted molar refractivity (Wildman–Crippen MR) is 71.3 cm³/mol. The van der Waals surface area contributed by atoms with Gasteiger partial charge in [-0.1, -0.05) is 49.5 Å². The molecule has 1 nitrogen and oxygen atoms in total. The fraction of sp³-hybridized carbons (Fsp3) is 0.417. The van der Waals surface area contributed by atoms with E-state index < -0.39 is 5.60 Å². The summed E-state index contributed by atoms with van der Waals surface area (Å²) in [6.45, 7) is 3.78. The fourth-order valence-electron chi connectivity index (χ4n) is 1.43. The van der Waals surface area contributed by atoms with Gasteiger partial charge < -0.3 is 5.11 Å². The minimum atomic E-state index is -0.888. The second kappa shape index (κ2) is 5.10. The Morgan fingerprint density at radius 3 is 2.40 bits per heavy atom. The number of thiocarbonyl (C=S) groups is 1. The third kappa shape index (κ3) is 2.80. The van der Waals surface area contributed by atoms with Crippen molar-refractivity contribution in [3.63, 3.8) is 0 Å². The van der Waals surface area contributed by atoms with Crippen LogP contribution in [0.5, 0.6) is 0 Å². The Morgan fingerprint density at radius 1 is 1.40 bits per heavy atom. The number of rotatable bonds is 3. The van der Waals surface area contributed by atoms with Crippen molar-refractivity contribution in [2.75, 3.05) is 6.26 Å².